The summed E-state index contributed by atoms with van der Waals surface area (Å²) in [5.41, 5.74) is -1.21. The maximum Gasteiger partial charge on any atom is 0.408 e. The molecule has 9 heteroatoms. The third-order valence-corrected chi connectivity index (χ3v) is 3.58. The zero-order valence-electron chi connectivity index (χ0n) is 16.2. The van der Waals surface area contributed by atoms with E-state index in [2.05, 4.69) is 5.32 Å². The van der Waals surface area contributed by atoms with E-state index in [4.69, 9.17) is 4.74 Å². The highest BCUT2D eigenvalue weighted by Crippen LogP contribution is 2.23. The fourth-order valence-electron chi connectivity index (χ4n) is 2.43. The van der Waals surface area contributed by atoms with Crippen molar-refractivity contribution in [3.05, 3.63) is 70.3 Å². The fraction of sp³-hybridized carbons (Fsp3) is 0.250. The minimum atomic E-state index is -0.875. The number of amides is 3. The Hall–Kier alpha value is -3.75. The quantitative estimate of drug-likeness (QED) is 0.609. The third kappa shape index (κ3) is 5.86. The topological polar surface area (TPSA) is 119 Å². The van der Waals surface area contributed by atoms with E-state index in [1.165, 1.54) is 36.4 Å². The lowest BCUT2D eigenvalue weighted by Crippen LogP contribution is -2.45. The number of hydrogen-bond donors (Lipinski definition) is 1. The van der Waals surface area contributed by atoms with Gasteiger partial charge in [0, 0.05) is 6.07 Å². The number of nitro benzene ring substituents is 1. The number of nitro groups is 1. The maximum absolute atomic E-state index is 13.0. The summed E-state index contributed by atoms with van der Waals surface area (Å²) in [7, 11) is 0. The summed E-state index contributed by atoms with van der Waals surface area (Å²) in [6.07, 6.45) is -0.822. The predicted molar refractivity (Wildman–Crippen MR) is 106 cm³/mol. The Kier molecular flexibility index (Phi) is 6.66. The molecule has 0 spiro atoms. The maximum atomic E-state index is 13.0. The number of para-hydroxylation sites is 2. The average Bonchev–Trinajstić information content (AvgIpc) is 2.66. The average molecular weight is 399 g/mol. The Morgan fingerprint density at radius 2 is 1.62 bits per heavy atom. The molecule has 1 N–H and O–H groups in total. The third-order valence-electron chi connectivity index (χ3n) is 3.58. The van der Waals surface area contributed by atoms with Gasteiger partial charge in [0.2, 0.25) is 0 Å². The molecule has 0 aliphatic carbocycles. The van der Waals surface area contributed by atoms with E-state index in [1.54, 1.807) is 39.0 Å². The van der Waals surface area contributed by atoms with Gasteiger partial charge in [-0.05, 0) is 39.0 Å². The van der Waals surface area contributed by atoms with Gasteiger partial charge in [0.05, 0.1) is 10.6 Å². The molecule has 0 fully saturated rings. The molecule has 0 aliphatic rings. The van der Waals surface area contributed by atoms with Crippen LogP contribution in [-0.2, 0) is 9.53 Å². The molecule has 2 aromatic carbocycles. The Labute approximate surface area is 167 Å². The summed E-state index contributed by atoms with van der Waals surface area (Å²) in [6, 6.07) is 13.3. The molecule has 0 saturated heterocycles. The lowest BCUT2D eigenvalue weighted by Gasteiger charge is -2.23. The number of imide groups is 1. The van der Waals surface area contributed by atoms with Crippen molar-refractivity contribution in [2.24, 2.45) is 0 Å². The largest absolute Gasteiger partial charge is 0.444 e. The molecule has 0 radical (unpaired) electrons. The normalized spacial score (nSPS) is 10.7. The minimum Gasteiger partial charge on any atom is -0.444 e. The van der Waals surface area contributed by atoms with Crippen molar-refractivity contribution in [2.75, 3.05) is 11.4 Å². The molecule has 9 nitrogen and oxygen atoms in total. The molecule has 0 atom stereocenters. The van der Waals surface area contributed by atoms with E-state index < -0.39 is 40.7 Å². The van der Waals surface area contributed by atoms with E-state index in [0.717, 1.165) is 4.90 Å². The van der Waals surface area contributed by atoms with Crippen LogP contribution in [0.15, 0.2) is 54.6 Å². The van der Waals surface area contributed by atoms with Gasteiger partial charge in [-0.15, -0.1) is 0 Å². The minimum absolute atomic E-state index is 0.214. The van der Waals surface area contributed by atoms with Crippen molar-refractivity contribution in [1.29, 1.82) is 0 Å². The van der Waals surface area contributed by atoms with Gasteiger partial charge in [0.15, 0.2) is 0 Å². The molecule has 0 aliphatic heterocycles. The molecule has 3 amide bonds. The number of hydrogen-bond acceptors (Lipinski definition) is 6. The van der Waals surface area contributed by atoms with Crippen molar-refractivity contribution >= 4 is 29.3 Å². The van der Waals surface area contributed by atoms with Crippen molar-refractivity contribution < 1.29 is 24.0 Å². The van der Waals surface area contributed by atoms with Gasteiger partial charge >= 0.3 is 6.09 Å². The van der Waals surface area contributed by atoms with E-state index in [-0.39, 0.29) is 11.3 Å². The number of carbonyl (C=O) groups is 3. The van der Waals surface area contributed by atoms with Crippen LogP contribution in [0.4, 0.5) is 16.2 Å². The summed E-state index contributed by atoms with van der Waals surface area (Å²) in [5.74, 6) is -1.65. The van der Waals surface area contributed by atoms with Gasteiger partial charge in [-0.2, -0.15) is 0 Å². The number of rotatable bonds is 5. The van der Waals surface area contributed by atoms with Crippen LogP contribution < -0.4 is 10.2 Å². The monoisotopic (exact) mass is 399 g/mol. The summed E-state index contributed by atoms with van der Waals surface area (Å²) in [6.45, 7) is 4.48. The molecule has 29 heavy (non-hydrogen) atoms. The van der Waals surface area contributed by atoms with Gasteiger partial charge in [0.1, 0.15) is 17.7 Å². The molecular formula is C20H21N3O6. The molecule has 0 bridgehead atoms. The van der Waals surface area contributed by atoms with Crippen molar-refractivity contribution in [1.82, 2.24) is 5.32 Å². The first-order valence-electron chi connectivity index (χ1n) is 8.73. The summed E-state index contributed by atoms with van der Waals surface area (Å²) < 4.78 is 5.07. The standard InChI is InChI=1S/C20H21N3O6/c1-20(2,3)29-19(26)21-13-17(24)22(14-9-5-4-6-10-14)18(25)15-11-7-8-12-16(15)23(27)28/h4-12H,13H2,1-3H3,(H,21,26). The zero-order valence-corrected chi connectivity index (χ0v) is 16.2. The fourth-order valence-corrected chi connectivity index (χ4v) is 2.43. The van der Waals surface area contributed by atoms with E-state index in [9.17, 15) is 24.5 Å². The van der Waals surface area contributed by atoms with Crippen LogP contribution in [0.5, 0.6) is 0 Å². The molecule has 0 unspecified atom stereocenters. The molecule has 2 rings (SSSR count). The second-order valence-electron chi connectivity index (χ2n) is 7.00. The van der Waals surface area contributed by atoms with Crippen molar-refractivity contribution in [3.8, 4) is 0 Å². The Bertz CT molecular complexity index is 921. The lowest BCUT2D eigenvalue weighted by atomic mass is 10.1. The first-order valence-corrected chi connectivity index (χ1v) is 8.73. The summed E-state index contributed by atoms with van der Waals surface area (Å²) in [5, 5.41) is 13.6. The van der Waals surface area contributed by atoms with E-state index in [0.29, 0.717) is 0 Å². The number of ether oxygens (including phenoxy) is 1. The number of alkyl carbamates (subject to hydrolysis) is 1. The second-order valence-corrected chi connectivity index (χ2v) is 7.00. The van der Waals surface area contributed by atoms with Crippen LogP contribution in [0.3, 0.4) is 0 Å². The van der Waals surface area contributed by atoms with Crippen LogP contribution in [0.2, 0.25) is 0 Å². The van der Waals surface area contributed by atoms with Gasteiger partial charge in [-0.3, -0.25) is 19.7 Å². The first-order chi connectivity index (χ1) is 13.6. The molecule has 0 heterocycles. The molecule has 0 aromatic heterocycles. The predicted octanol–water partition coefficient (Wildman–Crippen LogP) is 3.29. The molecule has 0 saturated carbocycles. The van der Waals surface area contributed by atoms with Gasteiger partial charge in [-0.1, -0.05) is 30.3 Å². The molecule has 152 valence electrons. The van der Waals surface area contributed by atoms with E-state index >= 15 is 0 Å². The number of carbonyl (C=O) groups excluding carboxylic acids is 3. The molecular weight excluding hydrogens is 378 g/mol. The van der Waals surface area contributed by atoms with Crippen molar-refractivity contribution in [3.63, 3.8) is 0 Å². The number of nitrogens with zero attached hydrogens (tertiary/aromatic N) is 2. The van der Waals surface area contributed by atoms with Crippen molar-refractivity contribution in [2.45, 2.75) is 26.4 Å². The van der Waals surface area contributed by atoms with Gasteiger partial charge < -0.3 is 10.1 Å². The Morgan fingerprint density at radius 3 is 2.21 bits per heavy atom. The smallest absolute Gasteiger partial charge is 0.408 e. The lowest BCUT2D eigenvalue weighted by molar-refractivity contribution is -0.385. The zero-order chi connectivity index (χ0) is 21.6. The second kappa shape index (κ2) is 8.96. The van der Waals surface area contributed by atoms with Crippen LogP contribution in [-0.4, -0.2) is 35.0 Å². The van der Waals surface area contributed by atoms with Gasteiger partial charge in [0.25, 0.3) is 17.5 Å². The number of benzene rings is 2. The number of anilines is 1. The molecule has 2 aromatic rings. The van der Waals surface area contributed by atoms with Crippen LogP contribution in [0.1, 0.15) is 31.1 Å². The Morgan fingerprint density at radius 1 is 1.03 bits per heavy atom. The van der Waals surface area contributed by atoms with Crippen LogP contribution in [0, 0.1) is 10.1 Å². The van der Waals surface area contributed by atoms with Crippen LogP contribution in [0.25, 0.3) is 0 Å². The Balaban J connectivity index is 2.32. The van der Waals surface area contributed by atoms with Gasteiger partial charge in [-0.25, -0.2) is 9.69 Å². The highest BCUT2D eigenvalue weighted by molar-refractivity contribution is 6.23. The van der Waals surface area contributed by atoms with Crippen LogP contribution >= 0.6 is 0 Å². The highest BCUT2D eigenvalue weighted by atomic mass is 16.6. The number of nitrogens with one attached hydrogen (secondary N) is 1. The summed E-state index contributed by atoms with van der Waals surface area (Å²) >= 11 is 0. The summed E-state index contributed by atoms with van der Waals surface area (Å²) in [4.78, 5) is 49.0. The first kappa shape index (κ1) is 21.5. The highest BCUT2D eigenvalue weighted by Gasteiger charge is 2.30. The van der Waals surface area contributed by atoms with E-state index in [1.807, 2.05) is 0 Å². The SMILES string of the molecule is CC(C)(C)OC(=O)NCC(=O)N(C(=O)c1ccccc1[N+](=O)[O-])c1ccccc1.